The van der Waals surface area contributed by atoms with Crippen LogP contribution in [0.25, 0.3) is 0 Å². The molecule has 0 heteroatoms. The lowest BCUT2D eigenvalue weighted by Gasteiger charge is -2.69. The Morgan fingerprint density at radius 1 is 0.350 bits per heavy atom. The van der Waals surface area contributed by atoms with Crippen LogP contribution in [-0.4, -0.2) is 0 Å². The van der Waals surface area contributed by atoms with Crippen LogP contribution in [0.2, 0.25) is 0 Å². The summed E-state index contributed by atoms with van der Waals surface area (Å²) in [5, 5.41) is 0. The number of benzene rings is 2. The van der Waals surface area contributed by atoms with E-state index in [0.717, 1.165) is 12.8 Å². The van der Waals surface area contributed by atoms with Crippen molar-refractivity contribution < 1.29 is 0 Å². The summed E-state index contributed by atoms with van der Waals surface area (Å²) in [5.74, 6) is 1.16. The van der Waals surface area contributed by atoms with E-state index in [2.05, 4.69) is 125 Å². The van der Waals surface area contributed by atoms with Gasteiger partial charge < -0.3 is 0 Å². The summed E-state index contributed by atoms with van der Waals surface area (Å²) in [6.45, 7) is 44.6. The zero-order valence-electron chi connectivity index (χ0n) is 30.0. The Balaban J connectivity index is 2.20. The minimum absolute atomic E-state index is 0.177. The molecule has 2 aromatic rings. The minimum atomic E-state index is 0.177. The molecule has 0 amide bonds. The van der Waals surface area contributed by atoms with Crippen LogP contribution >= 0.6 is 0 Å². The Bertz CT molecular complexity index is 1100. The Hall–Kier alpha value is -1.56. The monoisotopic (exact) mass is 545 g/mol. The number of hydrogen-bond acceptors (Lipinski definition) is 0. The Kier molecular flexibility index (Phi) is 8.74. The van der Waals surface area contributed by atoms with Crippen molar-refractivity contribution >= 4 is 0 Å². The first-order valence-corrected chi connectivity index (χ1v) is 16.3. The normalized spacial score (nSPS) is 22.9. The molecule has 1 saturated carbocycles. The van der Waals surface area contributed by atoms with Gasteiger partial charge in [-0.2, -0.15) is 0 Å². The molecule has 0 bridgehead atoms. The molecule has 0 nitrogen and oxygen atoms in total. The van der Waals surface area contributed by atoms with Gasteiger partial charge in [-0.15, -0.1) is 0 Å². The van der Waals surface area contributed by atoms with Crippen LogP contribution in [0.4, 0.5) is 0 Å². The fourth-order valence-corrected chi connectivity index (χ4v) is 9.64. The summed E-state index contributed by atoms with van der Waals surface area (Å²) >= 11 is 0. The largest absolute Gasteiger partial charge is 0.0613 e. The van der Waals surface area contributed by atoms with E-state index < -0.39 is 0 Å². The van der Waals surface area contributed by atoms with Gasteiger partial charge >= 0.3 is 0 Å². The van der Waals surface area contributed by atoms with Crippen molar-refractivity contribution in [1.29, 1.82) is 0 Å². The second-order valence-electron chi connectivity index (χ2n) is 16.0. The third-order valence-corrected chi connectivity index (χ3v) is 14.2. The predicted molar refractivity (Wildman–Crippen MR) is 179 cm³/mol. The lowest BCUT2D eigenvalue weighted by molar-refractivity contribution is -0.204. The van der Waals surface area contributed by atoms with E-state index in [9.17, 15) is 0 Å². The zero-order valence-corrected chi connectivity index (χ0v) is 30.0. The summed E-state index contributed by atoms with van der Waals surface area (Å²) < 4.78 is 0. The highest BCUT2D eigenvalue weighted by Gasteiger charge is 2.64. The number of rotatable bonds is 6. The quantitative estimate of drug-likeness (QED) is 0.339. The summed E-state index contributed by atoms with van der Waals surface area (Å²) in [6.07, 6.45) is 4.59. The summed E-state index contributed by atoms with van der Waals surface area (Å²) in [7, 11) is 0. The number of hydrogen-bond donors (Lipinski definition) is 0. The van der Waals surface area contributed by atoms with Crippen molar-refractivity contribution in [3.05, 3.63) is 66.8 Å². The summed E-state index contributed by atoms with van der Waals surface area (Å²) in [4.78, 5) is 0. The molecule has 0 saturated heterocycles. The van der Waals surface area contributed by atoms with Crippen molar-refractivity contribution in [1.82, 2.24) is 0 Å². The molecule has 1 aliphatic rings. The van der Waals surface area contributed by atoms with Crippen LogP contribution in [0.1, 0.15) is 136 Å². The van der Waals surface area contributed by atoms with Crippen LogP contribution < -0.4 is 0 Å². The first kappa shape index (κ1) is 32.9. The molecule has 3 rings (SSSR count). The topological polar surface area (TPSA) is 0 Å². The van der Waals surface area contributed by atoms with Gasteiger partial charge in [0.15, 0.2) is 0 Å². The Morgan fingerprint density at radius 2 is 0.525 bits per heavy atom. The lowest BCUT2D eigenvalue weighted by atomic mass is 9.35. The fraction of sp³-hybridized carbons (Fsp3) is 0.700. The van der Waals surface area contributed by atoms with Crippen molar-refractivity contribution in [2.24, 2.45) is 33.5 Å². The maximum atomic E-state index is 2.61. The van der Waals surface area contributed by atoms with Gasteiger partial charge in [-0.1, -0.05) is 69.2 Å². The molecule has 0 spiro atoms. The van der Waals surface area contributed by atoms with E-state index in [0.29, 0.717) is 11.8 Å². The molecule has 224 valence electrons. The molecule has 40 heavy (non-hydrogen) atoms. The van der Waals surface area contributed by atoms with Gasteiger partial charge in [0, 0.05) is 0 Å². The van der Waals surface area contributed by atoms with E-state index in [1.54, 1.807) is 22.3 Å². The van der Waals surface area contributed by atoms with E-state index >= 15 is 0 Å². The third-order valence-electron chi connectivity index (χ3n) is 14.2. The Morgan fingerprint density at radius 3 is 0.700 bits per heavy atom. The van der Waals surface area contributed by atoms with Crippen LogP contribution in [0, 0.1) is 88.9 Å². The van der Waals surface area contributed by atoms with Gasteiger partial charge in [-0.3, -0.25) is 0 Å². The van der Waals surface area contributed by atoms with E-state index in [1.807, 2.05) is 0 Å². The van der Waals surface area contributed by atoms with E-state index in [4.69, 9.17) is 0 Å². The van der Waals surface area contributed by atoms with Crippen LogP contribution in [0.3, 0.4) is 0 Å². The second kappa shape index (κ2) is 10.6. The SMILES string of the molecule is CCc1c(C)c(C)c(CC2C(C)(C)C(C)(C)C(Cc3c(C)c(C)c(CC)c(C)c3C)C(C)(C)C2(C)C)c(C)c1C. The predicted octanol–water partition coefficient (Wildman–Crippen LogP) is 11.4. The molecule has 0 unspecified atom stereocenters. The maximum Gasteiger partial charge on any atom is -0.0234 e. The molecular formula is C40H64. The molecule has 1 fully saturated rings. The second-order valence-corrected chi connectivity index (χ2v) is 16.0. The average Bonchev–Trinajstić information content (AvgIpc) is 2.85. The van der Waals surface area contributed by atoms with Crippen molar-refractivity contribution in [2.45, 2.75) is 150 Å². The first-order chi connectivity index (χ1) is 18.1. The average molecular weight is 545 g/mol. The molecule has 0 aliphatic heterocycles. The highest BCUT2D eigenvalue weighted by atomic mass is 14.7. The van der Waals surface area contributed by atoms with Gasteiger partial charge in [-0.05, 0) is 181 Å². The molecule has 0 N–H and O–H groups in total. The van der Waals surface area contributed by atoms with E-state index in [-0.39, 0.29) is 21.7 Å². The molecular weight excluding hydrogens is 480 g/mol. The summed E-state index contributed by atoms with van der Waals surface area (Å²) in [6, 6.07) is 0. The van der Waals surface area contributed by atoms with Crippen molar-refractivity contribution in [2.75, 3.05) is 0 Å². The summed E-state index contributed by atoms with van der Waals surface area (Å²) in [5.41, 5.74) is 19.3. The third kappa shape index (κ3) is 4.54. The van der Waals surface area contributed by atoms with Gasteiger partial charge in [0.2, 0.25) is 0 Å². The smallest absolute Gasteiger partial charge is 0.0234 e. The molecule has 0 aromatic heterocycles. The molecule has 0 heterocycles. The van der Waals surface area contributed by atoms with Crippen molar-refractivity contribution in [3.8, 4) is 0 Å². The molecule has 1 aliphatic carbocycles. The van der Waals surface area contributed by atoms with Gasteiger partial charge in [0.05, 0.1) is 0 Å². The Labute approximate surface area is 250 Å². The van der Waals surface area contributed by atoms with Crippen LogP contribution in [-0.2, 0) is 25.7 Å². The highest BCUT2D eigenvalue weighted by Crippen LogP contribution is 2.70. The zero-order chi connectivity index (χ0) is 30.9. The van der Waals surface area contributed by atoms with Crippen LogP contribution in [0.15, 0.2) is 0 Å². The van der Waals surface area contributed by atoms with E-state index in [1.165, 1.54) is 57.3 Å². The molecule has 0 radical (unpaired) electrons. The van der Waals surface area contributed by atoms with Gasteiger partial charge in [0.25, 0.3) is 0 Å². The standard InChI is InChI=1S/C40H64/c1-19-31-23(3)27(7)33(28(8)24(31)4)21-35-37(11,12)39(15,16)36(40(17,18)38(35,13)14)22-34-29(9)25(5)32(20-2)26(6)30(34)10/h35-36H,19-22H2,1-18H3. The minimum Gasteiger partial charge on any atom is -0.0613 e. The van der Waals surface area contributed by atoms with Gasteiger partial charge in [0.1, 0.15) is 0 Å². The van der Waals surface area contributed by atoms with Gasteiger partial charge in [-0.25, -0.2) is 0 Å². The molecule has 2 aromatic carbocycles. The highest BCUT2D eigenvalue weighted by molar-refractivity contribution is 5.52. The lowest BCUT2D eigenvalue weighted by Crippen LogP contribution is -2.64. The fourth-order valence-electron chi connectivity index (χ4n) is 9.64. The van der Waals surface area contributed by atoms with Crippen LogP contribution in [0.5, 0.6) is 0 Å². The first-order valence-electron chi connectivity index (χ1n) is 16.3. The molecule has 0 atom stereocenters. The van der Waals surface area contributed by atoms with Crippen molar-refractivity contribution in [3.63, 3.8) is 0 Å². The maximum absolute atomic E-state index is 2.61.